The smallest absolute Gasteiger partial charge is 0.330 e. The van der Waals surface area contributed by atoms with E-state index in [4.69, 9.17) is 44.4 Å². The Balaban J connectivity index is 1.62. The molecule has 0 N–H and O–H groups in total. The van der Waals surface area contributed by atoms with Gasteiger partial charge in [0.15, 0.2) is 20.9 Å². The monoisotopic (exact) mass is 678 g/mol. The Bertz CT molecular complexity index is 1090. The number of benzene rings is 1. The molecule has 1 aromatic rings. The van der Waals surface area contributed by atoms with Crippen molar-refractivity contribution in [2.24, 2.45) is 11.8 Å². The third-order valence-corrected chi connectivity index (χ3v) is 14.7. The van der Waals surface area contributed by atoms with Crippen LogP contribution >= 0.6 is 11.6 Å². The van der Waals surface area contributed by atoms with E-state index < -0.39 is 8.32 Å². The molecule has 0 aromatic heterocycles. The van der Waals surface area contributed by atoms with Crippen molar-refractivity contribution in [1.82, 2.24) is 0 Å². The third-order valence-electron chi connectivity index (χ3n) is 9.75. The van der Waals surface area contributed by atoms with Gasteiger partial charge in [-0.1, -0.05) is 56.7 Å². The van der Waals surface area contributed by atoms with Crippen LogP contribution in [-0.2, 0) is 32.9 Å². The van der Waals surface area contributed by atoms with Crippen LogP contribution in [0.2, 0.25) is 23.2 Å². The fourth-order valence-corrected chi connectivity index (χ4v) is 9.90. The van der Waals surface area contributed by atoms with Gasteiger partial charge in [-0.25, -0.2) is 4.79 Å². The molecule has 3 aliphatic rings. The van der Waals surface area contributed by atoms with Gasteiger partial charge >= 0.3 is 5.97 Å². The van der Waals surface area contributed by atoms with E-state index in [0.717, 1.165) is 69.7 Å². The molecule has 8 nitrogen and oxygen atoms in total. The molecule has 46 heavy (non-hydrogen) atoms. The quantitative estimate of drug-likeness (QED) is 0.0705. The molecule has 258 valence electrons. The summed E-state index contributed by atoms with van der Waals surface area (Å²) in [4.78, 5) is 12.0. The molecule has 2 heterocycles. The average molecular weight is 679 g/mol. The number of halogens is 1. The van der Waals surface area contributed by atoms with Gasteiger partial charge in [0.2, 0.25) is 0 Å². The molecule has 1 aromatic carbocycles. The summed E-state index contributed by atoms with van der Waals surface area (Å²) in [5.41, 5.74) is 0. The lowest BCUT2D eigenvalue weighted by molar-refractivity contribution is -0.193. The molecule has 3 unspecified atom stereocenters. The van der Waals surface area contributed by atoms with Crippen molar-refractivity contribution >= 4 is 25.9 Å². The Hall–Kier alpha value is -1.72. The van der Waals surface area contributed by atoms with Crippen molar-refractivity contribution < 1.29 is 37.6 Å². The lowest BCUT2D eigenvalue weighted by Crippen LogP contribution is -2.41. The molecule has 0 bridgehead atoms. The molecule has 3 fully saturated rings. The van der Waals surface area contributed by atoms with E-state index >= 15 is 0 Å². The summed E-state index contributed by atoms with van der Waals surface area (Å²) >= 11 is 6.22. The lowest BCUT2D eigenvalue weighted by atomic mass is 9.89. The van der Waals surface area contributed by atoms with Crippen molar-refractivity contribution in [3.05, 3.63) is 53.6 Å². The van der Waals surface area contributed by atoms with E-state index in [9.17, 15) is 4.79 Å². The van der Waals surface area contributed by atoms with Crippen LogP contribution in [-0.4, -0.2) is 72.1 Å². The summed E-state index contributed by atoms with van der Waals surface area (Å²) in [6, 6.07) is 10.6. The molecule has 2 aliphatic heterocycles. The molecule has 4 rings (SSSR count). The van der Waals surface area contributed by atoms with Gasteiger partial charge in [0.05, 0.1) is 19.3 Å². The number of esters is 1. The second kappa shape index (κ2) is 19.3. The van der Waals surface area contributed by atoms with E-state index in [1.54, 1.807) is 6.07 Å². The molecular formula is C36H55ClO8Si. The first-order valence-corrected chi connectivity index (χ1v) is 20.3. The Morgan fingerprint density at radius 1 is 1.02 bits per heavy atom. The van der Waals surface area contributed by atoms with E-state index in [1.807, 2.05) is 24.3 Å². The normalized spacial score (nSPS) is 28.1. The van der Waals surface area contributed by atoms with Crippen molar-refractivity contribution in [2.45, 2.75) is 121 Å². The average Bonchev–Trinajstić information content (AvgIpc) is 3.40. The molecule has 1 saturated carbocycles. The second-order valence-corrected chi connectivity index (χ2v) is 17.8. The number of ether oxygens (including phenoxy) is 6. The molecule has 0 spiro atoms. The van der Waals surface area contributed by atoms with Crippen LogP contribution in [0.15, 0.2) is 48.6 Å². The maximum atomic E-state index is 12.0. The van der Waals surface area contributed by atoms with Crippen molar-refractivity contribution in [1.29, 1.82) is 0 Å². The van der Waals surface area contributed by atoms with Crippen LogP contribution in [0.1, 0.15) is 72.1 Å². The fourth-order valence-electron chi connectivity index (χ4n) is 6.81. The number of allylic oxidation sites excluding steroid dienone is 1. The van der Waals surface area contributed by atoms with E-state index in [2.05, 4.69) is 32.9 Å². The van der Waals surface area contributed by atoms with Crippen molar-refractivity contribution in [3.63, 3.8) is 0 Å². The first-order valence-electron chi connectivity index (χ1n) is 17.4. The minimum Gasteiger partial charge on any atom is -0.490 e. The minimum atomic E-state index is -1.93. The molecular weight excluding hydrogens is 624 g/mol. The van der Waals surface area contributed by atoms with Crippen LogP contribution in [0.25, 0.3) is 0 Å². The van der Waals surface area contributed by atoms with Crippen LogP contribution < -0.4 is 4.74 Å². The van der Waals surface area contributed by atoms with E-state index in [1.165, 1.54) is 13.2 Å². The zero-order chi connectivity index (χ0) is 32.8. The van der Waals surface area contributed by atoms with E-state index in [-0.39, 0.29) is 48.7 Å². The number of carbonyl (C=O) groups is 1. The van der Waals surface area contributed by atoms with Gasteiger partial charge in [0.1, 0.15) is 18.5 Å². The second-order valence-electron chi connectivity index (χ2n) is 12.6. The highest BCUT2D eigenvalue weighted by molar-refractivity contribution is 6.73. The summed E-state index contributed by atoms with van der Waals surface area (Å²) in [6.45, 7) is 8.51. The molecule has 10 heteroatoms. The SMILES string of the molecule is CC[Si](CC)(CC)OC1C[C@@H](OC2CCCCO2)[C@H](C=C[C@H](COc2cccc(Cl)c2)OC2CCCCO2)[C@H]1CC=CC(=O)OC. The standard InChI is InChI=1S/C36H55ClO8Si/c1-5-46(6-2,7-3)45-33-25-32(44-36-19-9-11-23-41-36)31(30(33)16-13-17-34(38)39-4)21-20-29(43-35-18-8-10-22-40-35)26-42-28-15-12-14-27(37)24-28/h12-15,17,20-21,24,29-33,35-36H,5-11,16,18-19,22-23,25-26H2,1-4H3/t29-,30-,31-,32-,33?,35?,36?/m1/s1. The maximum absolute atomic E-state index is 12.0. The van der Waals surface area contributed by atoms with Crippen LogP contribution in [0.3, 0.4) is 0 Å². The summed E-state index contributed by atoms with van der Waals surface area (Å²) in [5, 5.41) is 0.622. The van der Waals surface area contributed by atoms with Gasteiger partial charge in [0.25, 0.3) is 0 Å². The molecule has 0 radical (unpaired) electrons. The Morgan fingerprint density at radius 2 is 1.74 bits per heavy atom. The predicted octanol–water partition coefficient (Wildman–Crippen LogP) is 8.24. The first-order chi connectivity index (χ1) is 22.4. The highest BCUT2D eigenvalue weighted by Crippen LogP contribution is 2.43. The summed E-state index contributed by atoms with van der Waals surface area (Å²) in [5.74, 6) is 0.446. The topological polar surface area (TPSA) is 81.7 Å². The summed E-state index contributed by atoms with van der Waals surface area (Å²) < 4.78 is 43.5. The first kappa shape index (κ1) is 37.1. The maximum Gasteiger partial charge on any atom is 0.330 e. The molecule has 0 amide bonds. The zero-order valence-electron chi connectivity index (χ0n) is 28.2. The van der Waals surface area contributed by atoms with E-state index in [0.29, 0.717) is 30.4 Å². The zero-order valence-corrected chi connectivity index (χ0v) is 30.0. The number of hydrogen-bond donors (Lipinski definition) is 0. The van der Waals surface area contributed by atoms with Gasteiger partial charge in [0, 0.05) is 30.2 Å². The molecule has 7 atom stereocenters. The molecule has 1 aliphatic carbocycles. The van der Waals surface area contributed by atoms with Crippen LogP contribution in [0.5, 0.6) is 5.75 Å². The Labute approximate surface area is 282 Å². The fraction of sp³-hybridized carbons (Fsp3) is 0.694. The van der Waals surface area contributed by atoms with Crippen LogP contribution in [0, 0.1) is 11.8 Å². The third kappa shape index (κ3) is 11.2. The lowest BCUT2D eigenvalue weighted by Gasteiger charge is -2.34. The van der Waals surface area contributed by atoms with Gasteiger partial charge in [-0.05, 0) is 93.6 Å². The minimum absolute atomic E-state index is 0.000751. The largest absolute Gasteiger partial charge is 0.490 e. The van der Waals surface area contributed by atoms with Crippen LogP contribution in [0.4, 0.5) is 0 Å². The number of rotatable bonds is 17. The van der Waals surface area contributed by atoms with Gasteiger partial charge in [-0.2, -0.15) is 0 Å². The summed E-state index contributed by atoms with van der Waals surface area (Å²) in [6.07, 6.45) is 14.3. The number of carbonyl (C=O) groups excluding carboxylic acids is 1. The predicted molar refractivity (Wildman–Crippen MR) is 182 cm³/mol. The number of methoxy groups -OCH3 is 1. The Morgan fingerprint density at radius 3 is 2.37 bits per heavy atom. The van der Waals surface area contributed by atoms with Gasteiger partial charge < -0.3 is 32.8 Å². The molecule has 2 saturated heterocycles. The van der Waals surface area contributed by atoms with Gasteiger partial charge in [-0.3, -0.25) is 0 Å². The number of hydrogen-bond acceptors (Lipinski definition) is 8. The Kier molecular flexibility index (Phi) is 15.6. The highest BCUT2D eigenvalue weighted by atomic mass is 35.5. The van der Waals surface area contributed by atoms with Gasteiger partial charge in [-0.15, -0.1) is 0 Å². The highest BCUT2D eigenvalue weighted by Gasteiger charge is 2.47. The summed E-state index contributed by atoms with van der Waals surface area (Å²) in [7, 11) is -0.529. The van der Waals surface area contributed by atoms with Crippen molar-refractivity contribution in [2.75, 3.05) is 26.9 Å². The van der Waals surface area contributed by atoms with Crippen molar-refractivity contribution in [3.8, 4) is 5.75 Å².